The molecule has 0 bridgehead atoms. The van der Waals surface area contributed by atoms with Crippen molar-refractivity contribution >= 4 is 23.4 Å². The van der Waals surface area contributed by atoms with Crippen molar-refractivity contribution in [2.75, 3.05) is 20.1 Å². The van der Waals surface area contributed by atoms with Gasteiger partial charge >= 0.3 is 0 Å². The van der Waals surface area contributed by atoms with E-state index in [9.17, 15) is 9.59 Å². The summed E-state index contributed by atoms with van der Waals surface area (Å²) < 4.78 is 0. The number of carbonyl (C=O) groups is 2. The Bertz CT molecular complexity index is 451. The van der Waals surface area contributed by atoms with E-state index in [-0.39, 0.29) is 30.9 Å². The number of rotatable bonds is 6. The molecule has 1 aromatic carbocycles. The zero-order chi connectivity index (χ0) is 14.3. The number of amides is 2. The van der Waals surface area contributed by atoms with Crippen LogP contribution in [0, 0.1) is 0 Å². The van der Waals surface area contributed by atoms with Gasteiger partial charge in [0.2, 0.25) is 11.8 Å². The lowest BCUT2D eigenvalue weighted by Gasteiger charge is -2.15. The number of carbonyl (C=O) groups excluding carboxylic acids is 2. The monoisotopic (exact) mass is 283 g/mol. The third kappa shape index (κ3) is 5.28. The summed E-state index contributed by atoms with van der Waals surface area (Å²) in [7, 11) is 1.55. The molecule has 1 rings (SSSR count). The summed E-state index contributed by atoms with van der Waals surface area (Å²) in [6, 6.07) is 7.18. The van der Waals surface area contributed by atoms with Crippen LogP contribution in [0.5, 0.6) is 0 Å². The normalized spacial score (nSPS) is 11.7. The molecule has 104 valence electrons. The maximum Gasteiger partial charge on any atom is 0.234 e. The van der Waals surface area contributed by atoms with Crippen LogP contribution in [0.2, 0.25) is 5.02 Å². The van der Waals surface area contributed by atoms with E-state index < -0.39 is 0 Å². The van der Waals surface area contributed by atoms with Crippen LogP contribution in [0.25, 0.3) is 0 Å². The van der Waals surface area contributed by atoms with E-state index in [2.05, 4.69) is 16.0 Å². The molecule has 0 unspecified atom stereocenters. The molecule has 0 aliphatic rings. The maximum atomic E-state index is 11.7. The second-order valence-electron chi connectivity index (χ2n) is 4.09. The number of halogens is 1. The van der Waals surface area contributed by atoms with Gasteiger partial charge in [0.25, 0.3) is 0 Å². The van der Waals surface area contributed by atoms with Crippen molar-refractivity contribution in [2.24, 2.45) is 0 Å². The van der Waals surface area contributed by atoms with Gasteiger partial charge in [-0.05, 0) is 18.6 Å². The Kier molecular flexibility index (Phi) is 6.32. The van der Waals surface area contributed by atoms with Gasteiger partial charge in [-0.15, -0.1) is 0 Å². The summed E-state index contributed by atoms with van der Waals surface area (Å²) >= 11 is 6.05. The van der Waals surface area contributed by atoms with Gasteiger partial charge in [-0.3, -0.25) is 14.9 Å². The second kappa shape index (κ2) is 7.76. The molecule has 5 nitrogen and oxygen atoms in total. The highest BCUT2D eigenvalue weighted by Gasteiger charge is 2.11. The third-order valence-electron chi connectivity index (χ3n) is 2.60. The van der Waals surface area contributed by atoms with E-state index in [1.54, 1.807) is 13.1 Å². The van der Waals surface area contributed by atoms with Gasteiger partial charge in [0.05, 0.1) is 19.1 Å². The molecule has 0 spiro atoms. The molecule has 19 heavy (non-hydrogen) atoms. The fraction of sp³-hybridized carbons (Fsp3) is 0.385. The first-order valence-electron chi connectivity index (χ1n) is 5.99. The van der Waals surface area contributed by atoms with Gasteiger partial charge in [-0.25, -0.2) is 0 Å². The first kappa shape index (κ1) is 15.5. The van der Waals surface area contributed by atoms with Gasteiger partial charge in [0.15, 0.2) is 0 Å². The fourth-order valence-corrected chi connectivity index (χ4v) is 1.87. The van der Waals surface area contributed by atoms with Crippen molar-refractivity contribution < 1.29 is 9.59 Å². The Morgan fingerprint density at radius 3 is 2.47 bits per heavy atom. The van der Waals surface area contributed by atoms with Gasteiger partial charge in [0.1, 0.15) is 0 Å². The number of hydrogen-bond donors (Lipinski definition) is 3. The summed E-state index contributed by atoms with van der Waals surface area (Å²) in [5, 5.41) is 8.64. The van der Waals surface area contributed by atoms with Crippen LogP contribution in [-0.4, -0.2) is 32.0 Å². The van der Waals surface area contributed by atoms with Crippen molar-refractivity contribution in [3.8, 4) is 0 Å². The molecular weight excluding hydrogens is 266 g/mol. The van der Waals surface area contributed by atoms with Crippen LogP contribution >= 0.6 is 11.6 Å². The minimum Gasteiger partial charge on any atom is -0.358 e. The topological polar surface area (TPSA) is 70.2 Å². The lowest BCUT2D eigenvalue weighted by atomic mass is 10.1. The van der Waals surface area contributed by atoms with E-state index in [0.717, 1.165) is 5.56 Å². The average Bonchev–Trinajstić information content (AvgIpc) is 2.38. The summed E-state index contributed by atoms with van der Waals surface area (Å²) in [4.78, 5) is 22.6. The van der Waals surface area contributed by atoms with Gasteiger partial charge in [-0.1, -0.05) is 29.8 Å². The van der Waals surface area contributed by atoms with Crippen molar-refractivity contribution in [1.29, 1.82) is 0 Å². The Morgan fingerprint density at radius 2 is 1.84 bits per heavy atom. The Balaban J connectivity index is 2.40. The number of likely N-dealkylation sites (N-methyl/N-ethyl adjacent to an activating group) is 1. The van der Waals surface area contributed by atoms with E-state index in [0.29, 0.717) is 5.02 Å². The molecular formula is C13H18ClN3O2. The zero-order valence-corrected chi connectivity index (χ0v) is 11.8. The van der Waals surface area contributed by atoms with Crippen molar-refractivity contribution in [2.45, 2.75) is 13.0 Å². The van der Waals surface area contributed by atoms with Crippen molar-refractivity contribution in [1.82, 2.24) is 16.0 Å². The van der Waals surface area contributed by atoms with E-state index >= 15 is 0 Å². The molecule has 0 saturated carbocycles. The fourth-order valence-electron chi connectivity index (χ4n) is 1.57. The molecule has 0 aromatic heterocycles. The summed E-state index contributed by atoms with van der Waals surface area (Å²) in [5.41, 5.74) is 0.865. The largest absolute Gasteiger partial charge is 0.358 e. The summed E-state index contributed by atoms with van der Waals surface area (Å²) in [5.74, 6) is -0.344. The standard InChI is InChI=1S/C13H18ClN3O2/c1-9(10-5-3-4-6-11(10)14)17-13(19)8-16-7-12(18)15-2/h3-6,9,16H,7-8H2,1-2H3,(H,15,18)(H,17,19)/t9-/m1/s1. The molecule has 3 N–H and O–H groups in total. The summed E-state index contributed by atoms with van der Waals surface area (Å²) in [6.45, 7) is 2.06. The van der Waals surface area contributed by atoms with Crippen LogP contribution < -0.4 is 16.0 Å². The van der Waals surface area contributed by atoms with Gasteiger partial charge in [0, 0.05) is 12.1 Å². The van der Waals surface area contributed by atoms with Crippen LogP contribution in [-0.2, 0) is 9.59 Å². The Hall–Kier alpha value is -1.59. The van der Waals surface area contributed by atoms with E-state index in [1.807, 2.05) is 25.1 Å². The summed E-state index contributed by atoms with van der Waals surface area (Å²) in [6.07, 6.45) is 0. The zero-order valence-electron chi connectivity index (χ0n) is 11.0. The maximum absolute atomic E-state index is 11.7. The van der Waals surface area contributed by atoms with Crippen molar-refractivity contribution in [3.63, 3.8) is 0 Å². The second-order valence-corrected chi connectivity index (χ2v) is 4.49. The molecule has 0 radical (unpaired) electrons. The number of benzene rings is 1. The van der Waals surface area contributed by atoms with Crippen LogP contribution in [0.3, 0.4) is 0 Å². The third-order valence-corrected chi connectivity index (χ3v) is 2.94. The minimum absolute atomic E-state index is 0.0855. The van der Waals surface area contributed by atoms with Gasteiger partial charge < -0.3 is 10.6 Å². The first-order chi connectivity index (χ1) is 9.04. The van der Waals surface area contributed by atoms with Crippen LogP contribution in [0.15, 0.2) is 24.3 Å². The SMILES string of the molecule is CNC(=O)CNCC(=O)N[C@H](C)c1ccccc1Cl. The highest BCUT2D eigenvalue weighted by molar-refractivity contribution is 6.31. The lowest BCUT2D eigenvalue weighted by Crippen LogP contribution is -2.39. The minimum atomic E-state index is -0.184. The molecule has 1 atom stereocenters. The smallest absolute Gasteiger partial charge is 0.234 e. The highest BCUT2D eigenvalue weighted by Crippen LogP contribution is 2.21. The molecule has 0 aliphatic heterocycles. The Morgan fingerprint density at radius 1 is 1.21 bits per heavy atom. The molecule has 6 heteroatoms. The molecule has 2 amide bonds. The number of nitrogens with one attached hydrogen (secondary N) is 3. The van der Waals surface area contributed by atoms with Gasteiger partial charge in [-0.2, -0.15) is 0 Å². The first-order valence-corrected chi connectivity index (χ1v) is 6.37. The van der Waals surface area contributed by atoms with E-state index in [1.165, 1.54) is 0 Å². The molecule has 0 saturated heterocycles. The average molecular weight is 284 g/mol. The van der Waals surface area contributed by atoms with Crippen molar-refractivity contribution in [3.05, 3.63) is 34.9 Å². The molecule has 0 fully saturated rings. The molecule has 1 aromatic rings. The van der Waals surface area contributed by atoms with Crippen LogP contribution in [0.4, 0.5) is 0 Å². The van der Waals surface area contributed by atoms with Crippen LogP contribution in [0.1, 0.15) is 18.5 Å². The molecule has 0 heterocycles. The quantitative estimate of drug-likeness (QED) is 0.725. The van der Waals surface area contributed by atoms with E-state index in [4.69, 9.17) is 11.6 Å². The lowest BCUT2D eigenvalue weighted by molar-refractivity contribution is -0.121. The Labute approximate surface area is 117 Å². The predicted molar refractivity (Wildman–Crippen MR) is 74.9 cm³/mol. The number of hydrogen-bond acceptors (Lipinski definition) is 3. The predicted octanol–water partition coefficient (Wildman–Crippen LogP) is 0.853. The highest BCUT2D eigenvalue weighted by atomic mass is 35.5. The molecule has 0 aliphatic carbocycles.